The van der Waals surface area contributed by atoms with Gasteiger partial charge in [-0.15, -0.1) is 0 Å². The van der Waals surface area contributed by atoms with Crippen LogP contribution in [0.25, 0.3) is 0 Å². The number of esters is 3. The Hall–Kier alpha value is -1.85. The summed E-state index contributed by atoms with van der Waals surface area (Å²) in [6.45, 7) is 6.72. The van der Waals surface area contributed by atoms with E-state index >= 15 is 0 Å². The van der Waals surface area contributed by atoms with Crippen molar-refractivity contribution in [1.29, 1.82) is 0 Å². The summed E-state index contributed by atoms with van der Waals surface area (Å²) in [5.74, 6) is -0.838. The van der Waals surface area contributed by atoms with Gasteiger partial charge in [0.1, 0.15) is 13.2 Å². The highest BCUT2D eigenvalue weighted by molar-refractivity contribution is 5.71. The first-order valence-electron chi connectivity index (χ1n) is 36.7. The van der Waals surface area contributed by atoms with Crippen LogP contribution in [0.3, 0.4) is 0 Å². The van der Waals surface area contributed by atoms with E-state index < -0.39 is 6.10 Å². The van der Waals surface area contributed by atoms with Crippen molar-refractivity contribution in [2.45, 2.75) is 431 Å². The van der Waals surface area contributed by atoms with E-state index in [4.69, 9.17) is 14.2 Å². The fraction of sp³-hybridized carbons (Fsp3) is 0.932. The van der Waals surface area contributed by atoms with Crippen LogP contribution in [0.2, 0.25) is 0 Å². The summed E-state index contributed by atoms with van der Waals surface area (Å²) >= 11 is 0. The molecule has 0 bridgehead atoms. The molecule has 0 spiro atoms. The van der Waals surface area contributed by atoms with Gasteiger partial charge in [0.05, 0.1) is 0 Å². The van der Waals surface area contributed by atoms with Gasteiger partial charge in [-0.25, -0.2) is 0 Å². The number of allylic oxidation sites excluding steroid dienone is 2. The second-order valence-corrected chi connectivity index (χ2v) is 25.2. The number of ether oxygens (including phenoxy) is 3. The zero-order chi connectivity index (χ0) is 57.8. The third kappa shape index (κ3) is 66.9. The van der Waals surface area contributed by atoms with Crippen molar-refractivity contribution in [3.63, 3.8) is 0 Å². The first-order chi connectivity index (χ1) is 39.5. The Morgan fingerprint density at radius 2 is 0.412 bits per heavy atom. The van der Waals surface area contributed by atoms with E-state index in [1.165, 1.54) is 321 Å². The summed E-state index contributed by atoms with van der Waals surface area (Å²) in [6.07, 6.45) is 84.0. The maximum atomic E-state index is 13.0. The summed E-state index contributed by atoms with van der Waals surface area (Å²) in [4.78, 5) is 38.4. The molecule has 0 aromatic rings. The van der Waals surface area contributed by atoms with E-state index in [0.29, 0.717) is 19.3 Å². The molecule has 0 rings (SSSR count). The number of hydrogen-bond donors (Lipinski definition) is 0. The standard InChI is InChI=1S/C74H142O6/c1-4-7-10-13-16-19-22-25-27-29-31-33-35-36-37-38-39-41-42-44-46-49-52-55-58-61-64-67-73(76)79-70-71(69-78-72(75)66-63-60-57-54-51-48-24-21-18-15-12-9-6-3)80-74(77)68-65-62-59-56-53-50-47-45-43-40-34-32-30-28-26-23-20-17-14-11-8-5-2/h21,24,71H,4-20,22-23,25-70H2,1-3H3/b24-21-. The molecule has 1 atom stereocenters. The Labute approximate surface area is 501 Å². The van der Waals surface area contributed by atoms with Crippen molar-refractivity contribution < 1.29 is 28.6 Å². The van der Waals surface area contributed by atoms with Gasteiger partial charge in [0.2, 0.25) is 0 Å². The molecule has 80 heavy (non-hydrogen) atoms. The predicted molar refractivity (Wildman–Crippen MR) is 349 cm³/mol. The second kappa shape index (κ2) is 69.6. The zero-order valence-corrected chi connectivity index (χ0v) is 54.6. The number of unbranched alkanes of at least 4 members (excludes halogenated alkanes) is 56. The van der Waals surface area contributed by atoms with Crippen LogP contribution in [0.4, 0.5) is 0 Å². The molecule has 0 amide bonds. The minimum atomic E-state index is -0.770. The first-order valence-corrected chi connectivity index (χ1v) is 36.7. The molecule has 6 nitrogen and oxygen atoms in total. The monoisotopic (exact) mass is 1130 g/mol. The number of rotatable bonds is 69. The second-order valence-electron chi connectivity index (χ2n) is 25.2. The molecule has 0 saturated heterocycles. The van der Waals surface area contributed by atoms with E-state index in [0.717, 1.165) is 64.2 Å². The third-order valence-electron chi connectivity index (χ3n) is 17.0. The SMILES string of the molecule is CCCCCC/C=C\CCCCCCCC(=O)OCC(COC(=O)CCCCCCCCCCCCCCCCCCCCCCCCCCCCC)OC(=O)CCCCCCCCCCCCCCCCCCCCCCCC. The number of carbonyl (C=O) groups excluding carboxylic acids is 3. The van der Waals surface area contributed by atoms with Gasteiger partial charge in [-0.05, 0) is 44.9 Å². The van der Waals surface area contributed by atoms with Crippen LogP contribution in [0.5, 0.6) is 0 Å². The quantitative estimate of drug-likeness (QED) is 0.0261. The van der Waals surface area contributed by atoms with E-state index in [2.05, 4.69) is 32.9 Å². The van der Waals surface area contributed by atoms with Crippen LogP contribution in [-0.4, -0.2) is 37.2 Å². The Morgan fingerprint density at radius 3 is 0.637 bits per heavy atom. The van der Waals surface area contributed by atoms with Gasteiger partial charge in [0.15, 0.2) is 6.10 Å². The van der Waals surface area contributed by atoms with E-state index in [9.17, 15) is 14.4 Å². The lowest BCUT2D eigenvalue weighted by Crippen LogP contribution is -2.30. The Balaban J connectivity index is 4.17. The topological polar surface area (TPSA) is 78.9 Å². The summed E-state index contributed by atoms with van der Waals surface area (Å²) in [5.41, 5.74) is 0. The van der Waals surface area contributed by atoms with Crippen molar-refractivity contribution in [2.75, 3.05) is 13.2 Å². The molecular weight excluding hydrogens is 985 g/mol. The predicted octanol–water partition coefficient (Wildman–Crippen LogP) is 25.2. The Bertz CT molecular complexity index is 1250. The highest BCUT2D eigenvalue weighted by Crippen LogP contribution is 2.19. The highest BCUT2D eigenvalue weighted by atomic mass is 16.6. The van der Waals surface area contributed by atoms with Crippen LogP contribution in [0.1, 0.15) is 425 Å². The van der Waals surface area contributed by atoms with Gasteiger partial charge in [-0.2, -0.15) is 0 Å². The molecular formula is C74H142O6. The van der Waals surface area contributed by atoms with Gasteiger partial charge >= 0.3 is 17.9 Å². The third-order valence-corrected chi connectivity index (χ3v) is 17.0. The lowest BCUT2D eigenvalue weighted by molar-refractivity contribution is -0.167. The fourth-order valence-electron chi connectivity index (χ4n) is 11.5. The van der Waals surface area contributed by atoms with Crippen molar-refractivity contribution in [3.8, 4) is 0 Å². The molecule has 0 aliphatic heterocycles. The molecule has 474 valence electrons. The van der Waals surface area contributed by atoms with Crippen molar-refractivity contribution in [1.82, 2.24) is 0 Å². The molecule has 0 aromatic heterocycles. The largest absolute Gasteiger partial charge is 0.462 e. The number of hydrogen-bond acceptors (Lipinski definition) is 6. The van der Waals surface area contributed by atoms with Crippen LogP contribution >= 0.6 is 0 Å². The Morgan fingerprint density at radius 1 is 0.237 bits per heavy atom. The smallest absolute Gasteiger partial charge is 0.306 e. The van der Waals surface area contributed by atoms with Crippen molar-refractivity contribution in [2.24, 2.45) is 0 Å². The summed E-state index contributed by atoms with van der Waals surface area (Å²) in [7, 11) is 0. The molecule has 0 aliphatic carbocycles. The molecule has 0 N–H and O–H groups in total. The van der Waals surface area contributed by atoms with Crippen molar-refractivity contribution in [3.05, 3.63) is 12.2 Å². The number of carbonyl (C=O) groups is 3. The minimum Gasteiger partial charge on any atom is -0.462 e. The summed E-state index contributed by atoms with van der Waals surface area (Å²) in [5, 5.41) is 0. The molecule has 1 unspecified atom stereocenters. The lowest BCUT2D eigenvalue weighted by Gasteiger charge is -2.18. The van der Waals surface area contributed by atoms with Gasteiger partial charge in [0.25, 0.3) is 0 Å². The van der Waals surface area contributed by atoms with Gasteiger partial charge < -0.3 is 14.2 Å². The molecule has 0 fully saturated rings. The maximum Gasteiger partial charge on any atom is 0.306 e. The van der Waals surface area contributed by atoms with Gasteiger partial charge in [-0.1, -0.05) is 373 Å². The normalized spacial score (nSPS) is 12.0. The Kier molecular flexibility index (Phi) is 68.0. The zero-order valence-electron chi connectivity index (χ0n) is 54.6. The molecule has 0 saturated carbocycles. The summed E-state index contributed by atoms with van der Waals surface area (Å²) < 4.78 is 17.0. The summed E-state index contributed by atoms with van der Waals surface area (Å²) in [6, 6.07) is 0. The highest BCUT2D eigenvalue weighted by Gasteiger charge is 2.20. The van der Waals surface area contributed by atoms with Crippen LogP contribution < -0.4 is 0 Å². The maximum absolute atomic E-state index is 13.0. The van der Waals surface area contributed by atoms with E-state index in [-0.39, 0.29) is 31.1 Å². The van der Waals surface area contributed by atoms with Crippen LogP contribution in [-0.2, 0) is 28.6 Å². The molecule has 0 radical (unpaired) electrons. The molecule has 0 heterocycles. The molecule has 0 aliphatic rings. The van der Waals surface area contributed by atoms with Crippen LogP contribution in [0.15, 0.2) is 12.2 Å². The minimum absolute atomic E-state index is 0.0656. The van der Waals surface area contributed by atoms with Gasteiger partial charge in [0, 0.05) is 19.3 Å². The average Bonchev–Trinajstić information content (AvgIpc) is 3.46. The molecule has 6 heteroatoms. The van der Waals surface area contributed by atoms with Crippen LogP contribution in [0, 0.1) is 0 Å². The van der Waals surface area contributed by atoms with E-state index in [1.807, 2.05) is 0 Å². The fourth-order valence-corrected chi connectivity index (χ4v) is 11.5. The first kappa shape index (κ1) is 78.1. The van der Waals surface area contributed by atoms with E-state index in [1.54, 1.807) is 0 Å². The van der Waals surface area contributed by atoms with Gasteiger partial charge in [-0.3, -0.25) is 14.4 Å². The van der Waals surface area contributed by atoms with Crippen molar-refractivity contribution >= 4 is 17.9 Å². The lowest BCUT2D eigenvalue weighted by atomic mass is 10.0. The molecule has 0 aromatic carbocycles. The average molecular weight is 1130 g/mol.